The van der Waals surface area contributed by atoms with Crippen LogP contribution in [0.2, 0.25) is 0 Å². The Kier molecular flexibility index (Phi) is 8.02. The van der Waals surface area contributed by atoms with Crippen LogP contribution in [0.5, 0.6) is 0 Å². The second-order valence-corrected chi connectivity index (χ2v) is 13.3. The Morgan fingerprint density at radius 1 is 0.930 bits per heavy atom. The smallest absolute Gasteiger partial charge is 0.225 e. The van der Waals surface area contributed by atoms with Gasteiger partial charge in [-0.1, -0.05) is 50.1 Å². The van der Waals surface area contributed by atoms with E-state index < -0.39 is 6.29 Å². The fourth-order valence-electron chi connectivity index (χ4n) is 7.23. The Labute approximate surface area is 256 Å². The molecule has 1 unspecified atom stereocenters. The minimum atomic E-state index is -0.462. The maximum atomic E-state index is 10.3. The van der Waals surface area contributed by atoms with Gasteiger partial charge in [-0.15, -0.1) is 11.3 Å². The van der Waals surface area contributed by atoms with Crippen LogP contribution in [0.25, 0.3) is 20.8 Å². The van der Waals surface area contributed by atoms with Gasteiger partial charge in [0.1, 0.15) is 22.4 Å². The molecule has 10 heteroatoms. The number of aliphatic hydroxyl groups excluding tert-OH is 1. The summed E-state index contributed by atoms with van der Waals surface area (Å²) < 4.78 is 14.0. The zero-order valence-electron chi connectivity index (χ0n) is 25.0. The average molecular weight is 601 g/mol. The first-order valence-electron chi connectivity index (χ1n) is 15.6. The summed E-state index contributed by atoms with van der Waals surface area (Å²) in [6.45, 7) is 6.33. The summed E-state index contributed by atoms with van der Waals surface area (Å²) in [7, 11) is 0. The van der Waals surface area contributed by atoms with Crippen molar-refractivity contribution in [2.45, 2.75) is 89.9 Å². The van der Waals surface area contributed by atoms with Crippen molar-refractivity contribution in [1.29, 1.82) is 0 Å². The number of anilines is 2. The number of hydrogen-bond acceptors (Lipinski definition) is 10. The molecule has 0 amide bonds. The van der Waals surface area contributed by atoms with Crippen LogP contribution >= 0.6 is 11.3 Å². The molecule has 0 bridgehead atoms. The molecule has 3 N–H and O–H groups in total. The summed E-state index contributed by atoms with van der Waals surface area (Å²) in [5, 5.41) is 18.6. The molecule has 3 aromatic heterocycles. The van der Waals surface area contributed by atoms with Gasteiger partial charge < -0.3 is 25.2 Å². The van der Waals surface area contributed by atoms with Gasteiger partial charge in [-0.3, -0.25) is 4.98 Å². The number of pyridine rings is 1. The third-order valence-electron chi connectivity index (χ3n) is 9.36. The standard InChI is InChI=1S/C33H40N6O3S/c1-4-9-20-12-8-13-23(20)37-33-35-18(2)26(31-38-27-19(3)34-15-14-25(27)43-31)30(39-33)36-24-16-22(17-40)28-29(24)42-32(41-28)21-10-6-5-7-11-21/h5-7,10-11,14-15,20,22-24,28-29,32,40H,4,8-9,12-13,16-17H2,1-3H3,(H2,35,36,37,39)/t20-,22-,23-,24-,28-,29+,32?/m1/s1. The first-order valence-corrected chi connectivity index (χ1v) is 16.4. The molecule has 3 fully saturated rings. The molecule has 4 heterocycles. The monoisotopic (exact) mass is 600 g/mol. The van der Waals surface area contributed by atoms with Crippen LogP contribution in [0.4, 0.5) is 11.8 Å². The zero-order chi connectivity index (χ0) is 29.5. The SMILES string of the molecule is CCC[C@@H]1CCC[C@H]1Nc1nc(C)c(-c2nc3c(C)nccc3s2)c(N[C@@H]2C[C@H](CO)[C@H]3OC(c4ccccc4)O[C@H]32)n1. The molecule has 4 aromatic rings. The van der Waals surface area contributed by atoms with Gasteiger partial charge in [0, 0.05) is 30.3 Å². The number of aromatic nitrogens is 4. The number of nitrogens with one attached hydrogen (secondary N) is 2. The van der Waals surface area contributed by atoms with E-state index >= 15 is 0 Å². The normalized spacial score (nSPS) is 28.4. The number of ether oxygens (including phenoxy) is 2. The lowest BCUT2D eigenvalue weighted by Crippen LogP contribution is -2.34. The van der Waals surface area contributed by atoms with Gasteiger partial charge in [0.25, 0.3) is 0 Å². The van der Waals surface area contributed by atoms with Crippen molar-refractivity contribution < 1.29 is 14.6 Å². The minimum Gasteiger partial charge on any atom is -0.396 e. The van der Waals surface area contributed by atoms with Crippen molar-refractivity contribution in [3.63, 3.8) is 0 Å². The van der Waals surface area contributed by atoms with Crippen LogP contribution in [0.1, 0.15) is 68.7 Å². The molecule has 1 aliphatic heterocycles. The highest BCUT2D eigenvalue weighted by atomic mass is 32.1. The molecule has 1 aromatic carbocycles. The van der Waals surface area contributed by atoms with Crippen molar-refractivity contribution in [3.05, 3.63) is 59.5 Å². The Hall–Kier alpha value is -3.18. The summed E-state index contributed by atoms with van der Waals surface area (Å²) in [5.41, 5.74) is 4.55. The molecule has 2 aliphatic carbocycles. The van der Waals surface area contributed by atoms with Gasteiger partial charge in [-0.25, -0.2) is 9.97 Å². The largest absolute Gasteiger partial charge is 0.396 e. The summed E-state index contributed by atoms with van der Waals surface area (Å²) in [4.78, 5) is 19.6. The summed E-state index contributed by atoms with van der Waals surface area (Å²) in [5.74, 6) is 1.99. The van der Waals surface area contributed by atoms with E-state index in [0.717, 1.165) is 50.0 Å². The zero-order valence-corrected chi connectivity index (χ0v) is 25.8. The highest BCUT2D eigenvalue weighted by Gasteiger charge is 2.51. The number of aryl methyl sites for hydroxylation is 2. The van der Waals surface area contributed by atoms with Crippen molar-refractivity contribution >= 4 is 33.3 Å². The Bertz CT molecular complexity index is 1580. The highest BCUT2D eigenvalue weighted by molar-refractivity contribution is 7.21. The molecule has 1 saturated heterocycles. The van der Waals surface area contributed by atoms with Gasteiger partial charge in [0.15, 0.2) is 6.29 Å². The van der Waals surface area contributed by atoms with Gasteiger partial charge in [0.05, 0.1) is 33.8 Å². The van der Waals surface area contributed by atoms with Crippen molar-refractivity contribution in [2.24, 2.45) is 11.8 Å². The van der Waals surface area contributed by atoms with Gasteiger partial charge in [0.2, 0.25) is 5.95 Å². The molecule has 43 heavy (non-hydrogen) atoms. The first-order chi connectivity index (χ1) is 21.0. The third-order valence-corrected chi connectivity index (χ3v) is 10.4. The van der Waals surface area contributed by atoms with Crippen molar-refractivity contribution in [1.82, 2.24) is 19.9 Å². The van der Waals surface area contributed by atoms with Gasteiger partial charge in [-0.2, -0.15) is 4.98 Å². The molecule has 7 atom stereocenters. The number of fused-ring (bicyclic) bond motifs is 2. The molecule has 0 spiro atoms. The van der Waals surface area contributed by atoms with Gasteiger partial charge in [-0.05, 0) is 51.5 Å². The number of hydrogen-bond donors (Lipinski definition) is 3. The van der Waals surface area contributed by atoms with E-state index in [0.29, 0.717) is 24.3 Å². The van der Waals surface area contributed by atoms with E-state index in [9.17, 15) is 5.11 Å². The van der Waals surface area contributed by atoms with Gasteiger partial charge >= 0.3 is 0 Å². The summed E-state index contributed by atoms with van der Waals surface area (Å²) in [6, 6.07) is 12.3. The first kappa shape index (κ1) is 28.6. The molecule has 0 radical (unpaired) electrons. The lowest BCUT2D eigenvalue weighted by molar-refractivity contribution is -0.0866. The fourth-order valence-corrected chi connectivity index (χ4v) is 8.34. The lowest BCUT2D eigenvalue weighted by atomic mass is 9.98. The van der Waals surface area contributed by atoms with E-state index in [1.807, 2.05) is 56.4 Å². The van der Waals surface area contributed by atoms with E-state index in [-0.39, 0.29) is 30.8 Å². The predicted octanol–water partition coefficient (Wildman–Crippen LogP) is 6.42. The number of thiazole rings is 1. The van der Waals surface area contributed by atoms with Crippen molar-refractivity contribution in [2.75, 3.05) is 17.2 Å². The Morgan fingerprint density at radius 3 is 2.56 bits per heavy atom. The molecule has 2 saturated carbocycles. The lowest BCUT2D eigenvalue weighted by Gasteiger charge is -2.24. The van der Waals surface area contributed by atoms with Crippen LogP contribution in [-0.4, -0.2) is 55.9 Å². The second-order valence-electron chi connectivity index (χ2n) is 12.2. The molecule has 7 rings (SSSR count). The third kappa shape index (κ3) is 5.50. The predicted molar refractivity (Wildman–Crippen MR) is 169 cm³/mol. The average Bonchev–Trinajstić information content (AvgIpc) is 3.79. The number of rotatable bonds is 9. The van der Waals surface area contributed by atoms with Crippen LogP contribution in [0.3, 0.4) is 0 Å². The molecular formula is C33H40N6O3S. The Balaban J connectivity index is 1.24. The number of aliphatic hydroxyl groups is 1. The fraction of sp³-hybridized carbons (Fsp3) is 0.515. The van der Waals surface area contributed by atoms with Crippen LogP contribution in [0.15, 0.2) is 42.6 Å². The molecule has 9 nitrogen and oxygen atoms in total. The van der Waals surface area contributed by atoms with Crippen LogP contribution in [-0.2, 0) is 9.47 Å². The number of benzene rings is 1. The van der Waals surface area contributed by atoms with E-state index in [1.165, 1.54) is 25.7 Å². The van der Waals surface area contributed by atoms with E-state index in [1.54, 1.807) is 11.3 Å². The highest BCUT2D eigenvalue weighted by Crippen LogP contribution is 2.45. The van der Waals surface area contributed by atoms with E-state index in [2.05, 4.69) is 22.5 Å². The van der Waals surface area contributed by atoms with Crippen LogP contribution in [0, 0.1) is 25.7 Å². The van der Waals surface area contributed by atoms with Crippen LogP contribution < -0.4 is 10.6 Å². The summed E-state index contributed by atoms with van der Waals surface area (Å²) in [6.07, 6.45) is 7.66. The topological polar surface area (TPSA) is 114 Å². The number of nitrogens with zero attached hydrogens (tertiary/aromatic N) is 4. The molecule has 226 valence electrons. The summed E-state index contributed by atoms with van der Waals surface area (Å²) >= 11 is 1.63. The van der Waals surface area contributed by atoms with Crippen molar-refractivity contribution in [3.8, 4) is 10.6 Å². The molecule has 3 aliphatic rings. The minimum absolute atomic E-state index is 0.0374. The maximum Gasteiger partial charge on any atom is 0.225 e. The maximum absolute atomic E-state index is 10.3. The van der Waals surface area contributed by atoms with E-state index in [4.69, 9.17) is 24.4 Å². The second kappa shape index (κ2) is 12.1. The quantitative estimate of drug-likeness (QED) is 0.200. The Morgan fingerprint density at radius 2 is 1.77 bits per heavy atom. The molecular weight excluding hydrogens is 560 g/mol.